The van der Waals surface area contributed by atoms with Crippen LogP contribution in [0.5, 0.6) is 11.5 Å². The summed E-state index contributed by atoms with van der Waals surface area (Å²) in [6, 6.07) is 4.06. The molecule has 1 aromatic rings. The van der Waals surface area contributed by atoms with Crippen molar-refractivity contribution in [2.75, 3.05) is 18.6 Å². The van der Waals surface area contributed by atoms with E-state index >= 15 is 0 Å². The van der Waals surface area contributed by atoms with Crippen molar-refractivity contribution in [3.63, 3.8) is 0 Å². The van der Waals surface area contributed by atoms with Crippen LogP contribution in [0.3, 0.4) is 0 Å². The summed E-state index contributed by atoms with van der Waals surface area (Å²) < 4.78 is 11.5. The first-order chi connectivity index (χ1) is 8.20. The van der Waals surface area contributed by atoms with E-state index in [1.165, 1.54) is 0 Å². The average Bonchev–Trinajstić information content (AvgIpc) is 3.12. The van der Waals surface area contributed by atoms with Gasteiger partial charge in [0, 0.05) is 18.2 Å². The van der Waals surface area contributed by atoms with Gasteiger partial charge in [0.15, 0.2) is 6.61 Å². The average molecular weight is 298 g/mol. The molecule has 2 aliphatic rings. The zero-order valence-electron chi connectivity index (χ0n) is 9.40. The SMILES string of the molecule is COc1cc2c(cc1Br)OCC(=O)N2C1CC1. The molecule has 1 heterocycles. The third-order valence-electron chi connectivity index (χ3n) is 3.02. The van der Waals surface area contributed by atoms with Crippen LogP contribution < -0.4 is 14.4 Å². The number of anilines is 1. The van der Waals surface area contributed by atoms with E-state index in [1.807, 2.05) is 17.0 Å². The second-order valence-corrected chi connectivity index (χ2v) is 5.09. The molecule has 4 nitrogen and oxygen atoms in total. The normalized spacial score (nSPS) is 18.7. The highest BCUT2D eigenvalue weighted by Gasteiger charge is 2.38. The van der Waals surface area contributed by atoms with E-state index in [2.05, 4.69) is 15.9 Å². The summed E-state index contributed by atoms with van der Waals surface area (Å²) in [7, 11) is 1.61. The Morgan fingerprint density at radius 1 is 1.47 bits per heavy atom. The lowest BCUT2D eigenvalue weighted by atomic mass is 10.2. The molecule has 1 saturated carbocycles. The van der Waals surface area contributed by atoms with Gasteiger partial charge >= 0.3 is 0 Å². The number of carbonyl (C=O) groups is 1. The van der Waals surface area contributed by atoms with Crippen LogP contribution in [0, 0.1) is 0 Å². The summed E-state index contributed by atoms with van der Waals surface area (Å²) in [5.74, 6) is 1.49. The molecule has 0 atom stereocenters. The molecule has 90 valence electrons. The number of halogens is 1. The zero-order valence-corrected chi connectivity index (χ0v) is 11.0. The van der Waals surface area contributed by atoms with Gasteiger partial charge in [0.2, 0.25) is 0 Å². The number of nitrogens with zero attached hydrogens (tertiary/aromatic N) is 1. The van der Waals surface area contributed by atoms with E-state index in [1.54, 1.807) is 7.11 Å². The van der Waals surface area contributed by atoms with Gasteiger partial charge in [-0.2, -0.15) is 0 Å². The number of rotatable bonds is 2. The van der Waals surface area contributed by atoms with E-state index in [0.29, 0.717) is 11.8 Å². The second kappa shape index (κ2) is 3.91. The molecule has 0 saturated heterocycles. The molecule has 0 radical (unpaired) electrons. The minimum atomic E-state index is 0.0318. The molecule has 3 rings (SSSR count). The first kappa shape index (κ1) is 10.9. The van der Waals surface area contributed by atoms with Crippen molar-refractivity contribution in [2.45, 2.75) is 18.9 Å². The fourth-order valence-electron chi connectivity index (χ4n) is 2.06. The molecule has 0 aromatic heterocycles. The van der Waals surface area contributed by atoms with E-state index in [9.17, 15) is 4.79 Å². The van der Waals surface area contributed by atoms with Crippen LogP contribution in [0.1, 0.15) is 12.8 Å². The van der Waals surface area contributed by atoms with Gasteiger partial charge in [-0.15, -0.1) is 0 Å². The summed E-state index contributed by atoms with van der Waals surface area (Å²) in [5.41, 5.74) is 0.823. The van der Waals surface area contributed by atoms with E-state index in [-0.39, 0.29) is 12.5 Å². The van der Waals surface area contributed by atoms with Gasteiger partial charge in [0.25, 0.3) is 5.91 Å². The topological polar surface area (TPSA) is 38.8 Å². The minimum absolute atomic E-state index is 0.0318. The quantitative estimate of drug-likeness (QED) is 0.841. The Labute approximate surface area is 108 Å². The molecular formula is C12H12BrNO3. The number of methoxy groups -OCH3 is 1. The number of benzene rings is 1. The summed E-state index contributed by atoms with van der Waals surface area (Å²) in [6.45, 7) is 0.127. The first-order valence-electron chi connectivity index (χ1n) is 5.53. The molecule has 0 spiro atoms. The lowest BCUT2D eigenvalue weighted by Gasteiger charge is -2.30. The van der Waals surface area contributed by atoms with Crippen LogP contribution in [0.25, 0.3) is 0 Å². The van der Waals surface area contributed by atoms with E-state index < -0.39 is 0 Å². The third kappa shape index (κ3) is 1.78. The van der Waals surface area contributed by atoms with E-state index in [0.717, 1.165) is 28.8 Å². The van der Waals surface area contributed by atoms with Crippen LogP contribution in [-0.2, 0) is 4.79 Å². The number of fused-ring (bicyclic) bond motifs is 1. The highest BCUT2D eigenvalue weighted by atomic mass is 79.9. The maximum absolute atomic E-state index is 11.9. The standard InChI is InChI=1S/C12H12BrNO3/c1-16-10-5-9-11(4-8(10)13)17-6-12(15)14(9)7-2-3-7/h4-5,7H,2-3,6H2,1H3. The van der Waals surface area contributed by atoms with Crippen molar-refractivity contribution >= 4 is 27.5 Å². The summed E-state index contributed by atoms with van der Waals surface area (Å²) in [6.07, 6.45) is 2.15. The van der Waals surface area contributed by atoms with Crippen molar-refractivity contribution in [2.24, 2.45) is 0 Å². The molecule has 0 bridgehead atoms. The van der Waals surface area contributed by atoms with Gasteiger partial charge in [0.05, 0.1) is 17.3 Å². The summed E-state index contributed by atoms with van der Waals surface area (Å²) >= 11 is 3.41. The van der Waals surface area contributed by atoms with Gasteiger partial charge in [-0.3, -0.25) is 4.79 Å². The van der Waals surface area contributed by atoms with Gasteiger partial charge in [0.1, 0.15) is 11.5 Å². The minimum Gasteiger partial charge on any atom is -0.495 e. The zero-order chi connectivity index (χ0) is 12.0. The third-order valence-corrected chi connectivity index (χ3v) is 3.64. The number of ether oxygens (including phenoxy) is 2. The highest BCUT2D eigenvalue weighted by Crippen LogP contribution is 2.44. The van der Waals surface area contributed by atoms with Crippen LogP contribution in [-0.4, -0.2) is 25.7 Å². The predicted molar refractivity (Wildman–Crippen MR) is 66.7 cm³/mol. The fraction of sp³-hybridized carbons (Fsp3) is 0.417. The van der Waals surface area contributed by atoms with Gasteiger partial charge < -0.3 is 14.4 Å². The van der Waals surface area contributed by atoms with Crippen molar-refractivity contribution in [1.82, 2.24) is 0 Å². The molecule has 1 fully saturated rings. The van der Waals surface area contributed by atoms with Crippen molar-refractivity contribution < 1.29 is 14.3 Å². The van der Waals surface area contributed by atoms with Crippen LogP contribution >= 0.6 is 15.9 Å². The lowest BCUT2D eigenvalue weighted by Crippen LogP contribution is -2.40. The molecule has 0 N–H and O–H groups in total. The second-order valence-electron chi connectivity index (χ2n) is 4.24. The predicted octanol–water partition coefficient (Wildman–Crippen LogP) is 2.35. The Morgan fingerprint density at radius 2 is 2.24 bits per heavy atom. The monoisotopic (exact) mass is 297 g/mol. The number of carbonyl (C=O) groups excluding carboxylic acids is 1. The van der Waals surface area contributed by atoms with E-state index in [4.69, 9.17) is 9.47 Å². The van der Waals surface area contributed by atoms with Gasteiger partial charge in [-0.25, -0.2) is 0 Å². The molecule has 5 heteroatoms. The summed E-state index contributed by atoms with van der Waals surface area (Å²) in [5, 5.41) is 0. The van der Waals surface area contributed by atoms with Crippen molar-refractivity contribution in [3.8, 4) is 11.5 Å². The Hall–Kier alpha value is -1.23. The maximum Gasteiger partial charge on any atom is 0.265 e. The van der Waals surface area contributed by atoms with Crippen molar-refractivity contribution in [3.05, 3.63) is 16.6 Å². The Kier molecular flexibility index (Phi) is 2.50. The molecule has 1 aliphatic carbocycles. The molecule has 1 aromatic carbocycles. The summed E-state index contributed by atoms with van der Waals surface area (Å²) in [4.78, 5) is 13.7. The van der Waals surface area contributed by atoms with Crippen molar-refractivity contribution in [1.29, 1.82) is 0 Å². The molecule has 0 unspecified atom stereocenters. The number of hydrogen-bond acceptors (Lipinski definition) is 3. The molecule has 1 aliphatic heterocycles. The fourth-order valence-corrected chi connectivity index (χ4v) is 2.55. The maximum atomic E-state index is 11.9. The highest BCUT2D eigenvalue weighted by molar-refractivity contribution is 9.10. The molecule has 1 amide bonds. The smallest absolute Gasteiger partial charge is 0.265 e. The Balaban J connectivity index is 2.09. The van der Waals surface area contributed by atoms with Gasteiger partial charge in [-0.1, -0.05) is 0 Å². The first-order valence-corrected chi connectivity index (χ1v) is 6.32. The molecular weight excluding hydrogens is 286 g/mol. The van der Waals surface area contributed by atoms with Crippen LogP contribution in [0.2, 0.25) is 0 Å². The molecule has 17 heavy (non-hydrogen) atoms. The number of amides is 1. The largest absolute Gasteiger partial charge is 0.495 e. The van der Waals surface area contributed by atoms with Crippen LogP contribution in [0.15, 0.2) is 16.6 Å². The van der Waals surface area contributed by atoms with Gasteiger partial charge in [-0.05, 0) is 28.8 Å². The number of hydrogen-bond donors (Lipinski definition) is 0. The van der Waals surface area contributed by atoms with Crippen LogP contribution in [0.4, 0.5) is 5.69 Å². The Bertz CT molecular complexity index is 485. The Morgan fingerprint density at radius 3 is 2.88 bits per heavy atom. The lowest BCUT2D eigenvalue weighted by molar-refractivity contribution is -0.121.